The first-order valence-electron chi connectivity index (χ1n) is 7.15. The molecule has 0 spiro atoms. The van der Waals surface area contributed by atoms with Gasteiger partial charge >= 0.3 is 0 Å². The summed E-state index contributed by atoms with van der Waals surface area (Å²) in [6.45, 7) is 4.45. The molecule has 0 bridgehead atoms. The first-order valence-corrected chi connectivity index (χ1v) is 7.15. The van der Waals surface area contributed by atoms with Crippen LogP contribution in [0.25, 0.3) is 0 Å². The van der Waals surface area contributed by atoms with E-state index < -0.39 is 0 Å². The van der Waals surface area contributed by atoms with Gasteiger partial charge in [-0.15, -0.1) is 0 Å². The van der Waals surface area contributed by atoms with Crippen molar-refractivity contribution in [1.82, 2.24) is 9.97 Å². The number of hydrogen-bond acceptors (Lipinski definition) is 2. The van der Waals surface area contributed by atoms with Crippen molar-refractivity contribution in [3.05, 3.63) is 23.8 Å². The summed E-state index contributed by atoms with van der Waals surface area (Å²) in [7, 11) is 0. The number of aryl methyl sites for hydroxylation is 1. The first kappa shape index (κ1) is 12.5. The van der Waals surface area contributed by atoms with Gasteiger partial charge in [-0.3, -0.25) is 0 Å². The van der Waals surface area contributed by atoms with Gasteiger partial charge in [0.2, 0.25) is 0 Å². The highest BCUT2D eigenvalue weighted by molar-refractivity contribution is 5.06. The van der Waals surface area contributed by atoms with Gasteiger partial charge < -0.3 is 0 Å². The Morgan fingerprint density at radius 2 is 1.94 bits per heavy atom. The molecule has 94 valence electrons. The van der Waals surface area contributed by atoms with Crippen molar-refractivity contribution < 1.29 is 0 Å². The molecule has 1 heterocycles. The lowest BCUT2D eigenvalue weighted by atomic mass is 9.80. The van der Waals surface area contributed by atoms with E-state index in [2.05, 4.69) is 23.8 Å². The van der Waals surface area contributed by atoms with Gasteiger partial charge in [0.25, 0.3) is 0 Å². The number of aromatic nitrogens is 2. The second-order valence-electron chi connectivity index (χ2n) is 5.27. The molecule has 1 saturated carbocycles. The van der Waals surface area contributed by atoms with Crippen molar-refractivity contribution in [2.45, 2.75) is 64.7 Å². The lowest BCUT2D eigenvalue weighted by Gasteiger charge is -2.27. The summed E-state index contributed by atoms with van der Waals surface area (Å²) in [4.78, 5) is 9.15. The van der Waals surface area contributed by atoms with E-state index in [1.165, 1.54) is 44.2 Å². The Morgan fingerprint density at radius 1 is 1.18 bits per heavy atom. The minimum Gasteiger partial charge on any atom is -0.241 e. The molecule has 2 rings (SSSR count). The highest BCUT2D eigenvalue weighted by Crippen LogP contribution is 2.36. The monoisotopic (exact) mass is 232 g/mol. The molecule has 2 heteroatoms. The van der Waals surface area contributed by atoms with Crippen LogP contribution in [0.2, 0.25) is 0 Å². The molecule has 0 radical (unpaired) electrons. The van der Waals surface area contributed by atoms with Crippen LogP contribution in [0.1, 0.15) is 69.8 Å². The number of nitrogens with zero attached hydrogens (tertiary/aromatic N) is 2. The van der Waals surface area contributed by atoms with Crippen LogP contribution in [-0.2, 0) is 6.42 Å². The van der Waals surface area contributed by atoms with E-state index in [4.69, 9.17) is 0 Å². The molecule has 1 aromatic rings. The Balaban J connectivity index is 1.95. The van der Waals surface area contributed by atoms with E-state index in [-0.39, 0.29) is 0 Å². The molecule has 1 fully saturated rings. The summed E-state index contributed by atoms with van der Waals surface area (Å²) in [6.07, 6.45) is 11.0. The van der Waals surface area contributed by atoms with Gasteiger partial charge in [-0.05, 0) is 44.1 Å². The highest BCUT2D eigenvalue weighted by Gasteiger charge is 2.23. The third-order valence-corrected chi connectivity index (χ3v) is 4.00. The fraction of sp³-hybridized carbons (Fsp3) is 0.733. The maximum Gasteiger partial charge on any atom is 0.131 e. The summed E-state index contributed by atoms with van der Waals surface area (Å²) < 4.78 is 0. The largest absolute Gasteiger partial charge is 0.241 e. The maximum atomic E-state index is 4.67. The van der Waals surface area contributed by atoms with E-state index in [9.17, 15) is 0 Å². The van der Waals surface area contributed by atoms with Gasteiger partial charge in [0.05, 0.1) is 0 Å². The van der Waals surface area contributed by atoms with E-state index in [0.29, 0.717) is 5.92 Å². The Morgan fingerprint density at radius 3 is 2.59 bits per heavy atom. The van der Waals surface area contributed by atoms with Crippen molar-refractivity contribution in [2.24, 2.45) is 5.92 Å². The number of hydrogen-bond donors (Lipinski definition) is 0. The van der Waals surface area contributed by atoms with Crippen LogP contribution in [0.3, 0.4) is 0 Å². The predicted octanol–water partition coefficient (Wildman–Crippen LogP) is 4.11. The summed E-state index contributed by atoms with van der Waals surface area (Å²) in [5.74, 6) is 2.68. The third-order valence-electron chi connectivity index (χ3n) is 4.00. The van der Waals surface area contributed by atoms with Gasteiger partial charge in [-0.2, -0.15) is 0 Å². The second-order valence-corrected chi connectivity index (χ2v) is 5.27. The molecule has 1 aromatic heterocycles. The standard InChI is InChI=1S/C15H24N2/c1-3-5-12-6-8-13(9-7-12)15-16-11-10-14(4-2)17-15/h10-13H,3-9H2,1-2H3. The zero-order valence-corrected chi connectivity index (χ0v) is 11.2. The average molecular weight is 232 g/mol. The normalized spacial score (nSPS) is 24.8. The van der Waals surface area contributed by atoms with Crippen molar-refractivity contribution in [3.63, 3.8) is 0 Å². The van der Waals surface area contributed by atoms with Gasteiger partial charge in [0.15, 0.2) is 0 Å². The fourth-order valence-electron chi connectivity index (χ4n) is 2.92. The van der Waals surface area contributed by atoms with Crippen LogP contribution < -0.4 is 0 Å². The van der Waals surface area contributed by atoms with Gasteiger partial charge in [-0.1, -0.05) is 26.7 Å². The zero-order chi connectivity index (χ0) is 12.1. The third kappa shape index (κ3) is 3.27. The Labute approximate surface area is 105 Å². The van der Waals surface area contributed by atoms with Crippen LogP contribution >= 0.6 is 0 Å². The summed E-state index contributed by atoms with van der Waals surface area (Å²) in [5, 5.41) is 0. The molecule has 0 amide bonds. The second kappa shape index (κ2) is 6.13. The highest BCUT2D eigenvalue weighted by atomic mass is 14.9. The van der Waals surface area contributed by atoms with E-state index in [1.54, 1.807) is 0 Å². The SMILES string of the molecule is CCCC1CCC(c2nccc(CC)n2)CC1. The minimum atomic E-state index is 0.620. The maximum absolute atomic E-state index is 4.67. The quantitative estimate of drug-likeness (QED) is 0.780. The van der Waals surface area contributed by atoms with Gasteiger partial charge in [0, 0.05) is 17.8 Å². The predicted molar refractivity (Wildman–Crippen MR) is 71.0 cm³/mol. The van der Waals surface area contributed by atoms with Gasteiger partial charge in [-0.25, -0.2) is 9.97 Å². The zero-order valence-electron chi connectivity index (χ0n) is 11.2. The molecule has 0 aromatic carbocycles. The molecule has 0 unspecified atom stereocenters. The molecular formula is C15H24N2. The van der Waals surface area contributed by atoms with Crippen LogP contribution in [0.5, 0.6) is 0 Å². The fourth-order valence-corrected chi connectivity index (χ4v) is 2.92. The number of rotatable bonds is 4. The van der Waals surface area contributed by atoms with Crippen LogP contribution in [0, 0.1) is 5.92 Å². The van der Waals surface area contributed by atoms with E-state index >= 15 is 0 Å². The summed E-state index contributed by atoms with van der Waals surface area (Å²) in [5.41, 5.74) is 1.19. The molecule has 0 atom stereocenters. The van der Waals surface area contributed by atoms with Crippen molar-refractivity contribution in [2.75, 3.05) is 0 Å². The Kier molecular flexibility index (Phi) is 4.52. The van der Waals surface area contributed by atoms with E-state index in [1.807, 2.05) is 12.3 Å². The molecule has 1 aliphatic carbocycles. The lowest BCUT2D eigenvalue weighted by molar-refractivity contribution is 0.302. The summed E-state index contributed by atoms with van der Waals surface area (Å²) >= 11 is 0. The Bertz CT molecular complexity index is 341. The minimum absolute atomic E-state index is 0.620. The summed E-state index contributed by atoms with van der Waals surface area (Å²) in [6, 6.07) is 2.03. The lowest BCUT2D eigenvalue weighted by Crippen LogP contribution is -2.15. The van der Waals surface area contributed by atoms with Crippen LogP contribution in [-0.4, -0.2) is 9.97 Å². The van der Waals surface area contributed by atoms with Gasteiger partial charge in [0.1, 0.15) is 5.82 Å². The Hall–Kier alpha value is -0.920. The van der Waals surface area contributed by atoms with Crippen molar-refractivity contribution in [1.29, 1.82) is 0 Å². The molecule has 0 N–H and O–H groups in total. The average Bonchev–Trinajstić information content (AvgIpc) is 2.40. The first-order chi connectivity index (χ1) is 8.33. The van der Waals surface area contributed by atoms with Crippen LogP contribution in [0.15, 0.2) is 12.3 Å². The smallest absolute Gasteiger partial charge is 0.131 e. The molecule has 0 saturated heterocycles. The van der Waals surface area contributed by atoms with Crippen molar-refractivity contribution in [3.8, 4) is 0 Å². The topological polar surface area (TPSA) is 25.8 Å². The van der Waals surface area contributed by atoms with Crippen molar-refractivity contribution >= 4 is 0 Å². The molecular weight excluding hydrogens is 208 g/mol. The molecule has 0 aliphatic heterocycles. The molecule has 1 aliphatic rings. The van der Waals surface area contributed by atoms with E-state index in [0.717, 1.165) is 18.2 Å². The van der Waals surface area contributed by atoms with Crippen LogP contribution in [0.4, 0.5) is 0 Å². The molecule has 17 heavy (non-hydrogen) atoms. The molecule has 2 nitrogen and oxygen atoms in total.